The number of hydrogen-bond acceptors (Lipinski definition) is 5. The molecular weight excluding hydrogens is 388 g/mol. The molecule has 2 amide bonds. The fourth-order valence-electron chi connectivity index (χ4n) is 3.41. The van der Waals surface area contributed by atoms with Crippen molar-refractivity contribution in [2.75, 3.05) is 14.2 Å². The van der Waals surface area contributed by atoms with Crippen LogP contribution >= 0.6 is 11.8 Å². The average molecular weight is 415 g/mol. The summed E-state index contributed by atoms with van der Waals surface area (Å²) in [6, 6.07) is 14.5. The minimum Gasteiger partial charge on any atom is -0.497 e. The van der Waals surface area contributed by atoms with E-state index in [1.54, 1.807) is 14.2 Å². The van der Waals surface area contributed by atoms with Gasteiger partial charge in [-0.2, -0.15) is 0 Å². The van der Waals surface area contributed by atoms with Gasteiger partial charge in [-0.1, -0.05) is 12.1 Å². The van der Waals surface area contributed by atoms with Crippen molar-refractivity contribution in [3.05, 3.63) is 54.1 Å². The average Bonchev–Trinajstić information content (AvgIpc) is 3.05. The third-order valence-electron chi connectivity index (χ3n) is 4.81. The Kier molecular flexibility index (Phi) is 6.37. The van der Waals surface area contributed by atoms with E-state index in [2.05, 4.69) is 10.6 Å². The van der Waals surface area contributed by atoms with Crippen LogP contribution in [0.25, 0.3) is 0 Å². The minimum absolute atomic E-state index is 0.0388. The minimum atomic E-state index is -1.01. The second kappa shape index (κ2) is 8.78. The molecular formula is C22H26N2O4S. The van der Waals surface area contributed by atoms with Gasteiger partial charge in [0.05, 0.1) is 26.7 Å². The van der Waals surface area contributed by atoms with Crippen molar-refractivity contribution in [2.45, 2.75) is 42.0 Å². The predicted molar refractivity (Wildman–Crippen MR) is 113 cm³/mol. The topological polar surface area (TPSA) is 76.7 Å². The molecule has 0 bridgehead atoms. The SMILES string of the molecule is COc1ccc(S[C@]2(C(=O)NC(C)C)CC(=O)N[C@@H]2c2ccc(OC)cc2)cc1. The third-order valence-corrected chi connectivity index (χ3v) is 6.25. The smallest absolute Gasteiger partial charge is 0.239 e. The van der Waals surface area contributed by atoms with Gasteiger partial charge in [-0.25, -0.2) is 0 Å². The molecule has 154 valence electrons. The van der Waals surface area contributed by atoms with Gasteiger partial charge >= 0.3 is 0 Å². The van der Waals surface area contributed by atoms with Crippen LogP contribution in [0.15, 0.2) is 53.4 Å². The molecule has 7 heteroatoms. The Morgan fingerprint density at radius 3 is 2.14 bits per heavy atom. The first-order chi connectivity index (χ1) is 13.9. The number of thioether (sulfide) groups is 1. The highest BCUT2D eigenvalue weighted by Crippen LogP contribution is 2.48. The Balaban J connectivity index is 2.02. The second-order valence-electron chi connectivity index (χ2n) is 7.25. The van der Waals surface area contributed by atoms with Gasteiger partial charge in [0.25, 0.3) is 0 Å². The first kappa shape index (κ1) is 21.0. The molecule has 2 N–H and O–H groups in total. The van der Waals surface area contributed by atoms with Crippen molar-refractivity contribution in [1.82, 2.24) is 10.6 Å². The lowest BCUT2D eigenvalue weighted by Gasteiger charge is -2.33. The van der Waals surface area contributed by atoms with Crippen LogP contribution in [-0.4, -0.2) is 36.8 Å². The number of benzene rings is 2. The summed E-state index contributed by atoms with van der Waals surface area (Å²) in [7, 11) is 3.21. The molecule has 1 aliphatic heterocycles. The highest BCUT2D eigenvalue weighted by Gasteiger charge is 2.54. The normalized spacial score (nSPS) is 21.0. The molecule has 2 aromatic carbocycles. The largest absolute Gasteiger partial charge is 0.497 e. The lowest BCUT2D eigenvalue weighted by Crippen LogP contribution is -2.49. The number of methoxy groups -OCH3 is 2. The summed E-state index contributed by atoms with van der Waals surface area (Å²) in [6.45, 7) is 3.83. The van der Waals surface area contributed by atoms with E-state index in [1.165, 1.54) is 11.8 Å². The predicted octanol–water partition coefficient (Wildman–Crippen LogP) is 3.32. The number of carbonyl (C=O) groups is 2. The Bertz CT molecular complexity index is 867. The van der Waals surface area contributed by atoms with E-state index in [4.69, 9.17) is 9.47 Å². The molecule has 3 rings (SSSR count). The van der Waals surface area contributed by atoms with E-state index < -0.39 is 10.8 Å². The van der Waals surface area contributed by atoms with Crippen LogP contribution in [0, 0.1) is 0 Å². The maximum absolute atomic E-state index is 13.4. The standard InChI is InChI=1S/C22H26N2O4S/c1-14(2)23-21(26)22(29-18-11-9-17(28-4)10-12-18)13-19(25)24-20(22)15-5-7-16(27-3)8-6-15/h5-12,14,20H,13H2,1-4H3,(H,23,26)(H,24,25)/t20-,22-/m1/s1. The first-order valence-electron chi connectivity index (χ1n) is 9.45. The summed E-state index contributed by atoms with van der Waals surface area (Å²) in [5.41, 5.74) is 0.858. The molecule has 0 spiro atoms. The molecule has 0 unspecified atom stereocenters. The molecule has 1 saturated heterocycles. The molecule has 6 nitrogen and oxygen atoms in total. The molecule has 2 atom stereocenters. The van der Waals surface area contributed by atoms with E-state index >= 15 is 0 Å². The van der Waals surface area contributed by atoms with Crippen LogP contribution in [0.1, 0.15) is 31.9 Å². The molecule has 1 heterocycles. The van der Waals surface area contributed by atoms with Crippen LogP contribution in [0.4, 0.5) is 0 Å². The van der Waals surface area contributed by atoms with E-state index in [0.717, 1.165) is 22.0 Å². The zero-order valence-electron chi connectivity index (χ0n) is 17.0. The van der Waals surface area contributed by atoms with E-state index in [-0.39, 0.29) is 24.3 Å². The Morgan fingerprint density at radius 2 is 1.62 bits per heavy atom. The summed E-state index contributed by atoms with van der Waals surface area (Å²) in [5, 5.41) is 6.02. The lowest BCUT2D eigenvalue weighted by molar-refractivity contribution is -0.125. The number of hydrogen-bond donors (Lipinski definition) is 2. The molecule has 29 heavy (non-hydrogen) atoms. The third kappa shape index (κ3) is 4.50. The van der Waals surface area contributed by atoms with Crippen LogP contribution < -0.4 is 20.1 Å². The monoisotopic (exact) mass is 414 g/mol. The molecule has 0 radical (unpaired) electrons. The number of rotatable bonds is 7. The summed E-state index contributed by atoms with van der Waals surface area (Å²) in [5.74, 6) is 1.15. The van der Waals surface area contributed by atoms with Crippen molar-refractivity contribution >= 4 is 23.6 Å². The maximum atomic E-state index is 13.4. The Hall–Kier alpha value is -2.67. The van der Waals surface area contributed by atoms with Gasteiger partial charge in [0, 0.05) is 10.9 Å². The van der Waals surface area contributed by atoms with Gasteiger partial charge in [-0.3, -0.25) is 9.59 Å². The maximum Gasteiger partial charge on any atom is 0.239 e. The van der Waals surface area contributed by atoms with Crippen LogP contribution in [-0.2, 0) is 9.59 Å². The molecule has 1 aliphatic rings. The van der Waals surface area contributed by atoms with Gasteiger partial charge in [0.2, 0.25) is 11.8 Å². The summed E-state index contributed by atoms with van der Waals surface area (Å²) in [4.78, 5) is 26.8. The van der Waals surface area contributed by atoms with Crippen LogP contribution in [0.2, 0.25) is 0 Å². The zero-order valence-corrected chi connectivity index (χ0v) is 17.8. The molecule has 0 aliphatic carbocycles. The van der Waals surface area contributed by atoms with E-state index in [9.17, 15) is 9.59 Å². The van der Waals surface area contributed by atoms with E-state index in [1.807, 2.05) is 62.4 Å². The van der Waals surface area contributed by atoms with Gasteiger partial charge in [-0.05, 0) is 55.8 Å². The van der Waals surface area contributed by atoms with Gasteiger partial charge < -0.3 is 20.1 Å². The number of nitrogens with one attached hydrogen (secondary N) is 2. The summed E-state index contributed by atoms with van der Waals surface area (Å²) < 4.78 is 9.46. The van der Waals surface area contributed by atoms with Gasteiger partial charge in [0.15, 0.2) is 0 Å². The quantitative estimate of drug-likeness (QED) is 0.727. The van der Waals surface area contributed by atoms with Crippen molar-refractivity contribution < 1.29 is 19.1 Å². The highest BCUT2D eigenvalue weighted by molar-refractivity contribution is 8.01. The van der Waals surface area contributed by atoms with E-state index in [0.29, 0.717) is 0 Å². The molecule has 0 saturated carbocycles. The van der Waals surface area contributed by atoms with Crippen molar-refractivity contribution in [1.29, 1.82) is 0 Å². The number of ether oxygens (including phenoxy) is 2. The van der Waals surface area contributed by atoms with Crippen LogP contribution in [0.3, 0.4) is 0 Å². The molecule has 0 aromatic heterocycles. The summed E-state index contributed by atoms with van der Waals surface area (Å²) >= 11 is 1.40. The van der Waals surface area contributed by atoms with Gasteiger partial charge in [0.1, 0.15) is 16.2 Å². The summed E-state index contributed by atoms with van der Waals surface area (Å²) in [6.07, 6.45) is 0.0962. The second-order valence-corrected chi connectivity index (χ2v) is 8.65. The lowest BCUT2D eigenvalue weighted by atomic mass is 9.92. The fraction of sp³-hybridized carbons (Fsp3) is 0.364. The number of amides is 2. The molecule has 2 aromatic rings. The number of carbonyl (C=O) groups excluding carboxylic acids is 2. The van der Waals surface area contributed by atoms with Crippen LogP contribution in [0.5, 0.6) is 11.5 Å². The zero-order chi connectivity index (χ0) is 21.0. The highest BCUT2D eigenvalue weighted by atomic mass is 32.2. The van der Waals surface area contributed by atoms with Crippen molar-refractivity contribution in [2.24, 2.45) is 0 Å². The Labute approximate surface area is 175 Å². The Morgan fingerprint density at radius 1 is 1.07 bits per heavy atom. The van der Waals surface area contributed by atoms with Crippen molar-refractivity contribution in [3.63, 3.8) is 0 Å². The molecule has 1 fully saturated rings. The fourth-order valence-corrected chi connectivity index (χ4v) is 4.77. The first-order valence-corrected chi connectivity index (χ1v) is 10.3. The van der Waals surface area contributed by atoms with Gasteiger partial charge in [-0.15, -0.1) is 11.8 Å². The van der Waals surface area contributed by atoms with Crippen molar-refractivity contribution in [3.8, 4) is 11.5 Å².